The molecular weight excluding hydrogens is 297 g/mol. The van der Waals surface area contributed by atoms with Gasteiger partial charge in [-0.1, -0.05) is 6.07 Å². The zero-order valence-electron chi connectivity index (χ0n) is 10.8. The average molecular weight is 310 g/mol. The van der Waals surface area contributed by atoms with Gasteiger partial charge >= 0.3 is 12.1 Å². The van der Waals surface area contributed by atoms with E-state index in [-0.39, 0.29) is 6.61 Å². The molecule has 0 spiro atoms. The first kappa shape index (κ1) is 16.5. The molecule has 1 unspecified atom stereocenters. The Kier molecular flexibility index (Phi) is 4.80. The van der Waals surface area contributed by atoms with Crippen molar-refractivity contribution in [2.75, 3.05) is 6.61 Å². The highest BCUT2D eigenvalue weighted by Gasteiger charge is 2.35. The first-order valence-corrected chi connectivity index (χ1v) is 7.23. The first-order chi connectivity index (χ1) is 9.10. The van der Waals surface area contributed by atoms with Crippen LogP contribution in [0.25, 0.3) is 0 Å². The highest BCUT2D eigenvalue weighted by molar-refractivity contribution is 7.92. The van der Waals surface area contributed by atoms with Gasteiger partial charge in [0.1, 0.15) is 0 Å². The van der Waals surface area contributed by atoms with Gasteiger partial charge in [-0.05, 0) is 32.0 Å². The fourth-order valence-corrected chi connectivity index (χ4v) is 2.73. The minimum Gasteiger partial charge on any atom is -0.465 e. The number of rotatable bonds is 4. The monoisotopic (exact) mass is 310 g/mol. The molecule has 4 nitrogen and oxygen atoms in total. The summed E-state index contributed by atoms with van der Waals surface area (Å²) in [5.41, 5.74) is -1.09. The lowest BCUT2D eigenvalue weighted by molar-refractivity contribution is -0.142. The maximum Gasteiger partial charge on any atom is 0.416 e. The van der Waals surface area contributed by atoms with Crippen LogP contribution in [-0.4, -0.2) is 26.2 Å². The summed E-state index contributed by atoms with van der Waals surface area (Å²) in [5, 5.41) is -1.56. The minimum absolute atomic E-state index is 0.0126. The Morgan fingerprint density at radius 3 is 2.45 bits per heavy atom. The maximum atomic E-state index is 12.6. The lowest BCUT2D eigenvalue weighted by atomic mass is 10.2. The number of alkyl halides is 3. The minimum atomic E-state index is -4.65. The van der Waals surface area contributed by atoms with Crippen LogP contribution in [0.1, 0.15) is 19.4 Å². The van der Waals surface area contributed by atoms with E-state index in [9.17, 15) is 26.4 Å². The molecule has 1 atom stereocenters. The molecule has 0 aliphatic carbocycles. The molecule has 0 amide bonds. The summed E-state index contributed by atoms with van der Waals surface area (Å²) in [4.78, 5) is 10.9. The molecule has 1 rings (SSSR count). The van der Waals surface area contributed by atoms with Crippen molar-refractivity contribution in [3.05, 3.63) is 29.8 Å². The molecule has 8 heteroatoms. The highest BCUT2D eigenvalue weighted by Crippen LogP contribution is 2.31. The summed E-state index contributed by atoms with van der Waals surface area (Å²) in [7, 11) is -4.22. The van der Waals surface area contributed by atoms with E-state index in [2.05, 4.69) is 4.74 Å². The van der Waals surface area contributed by atoms with Crippen LogP contribution < -0.4 is 0 Å². The van der Waals surface area contributed by atoms with Crippen molar-refractivity contribution in [3.63, 3.8) is 0 Å². The number of hydrogen-bond acceptors (Lipinski definition) is 4. The van der Waals surface area contributed by atoms with Gasteiger partial charge in [0.15, 0.2) is 15.1 Å². The molecule has 0 radical (unpaired) electrons. The van der Waals surface area contributed by atoms with Crippen LogP contribution in [0.3, 0.4) is 0 Å². The van der Waals surface area contributed by atoms with Gasteiger partial charge in [0.25, 0.3) is 0 Å². The Morgan fingerprint density at radius 1 is 1.35 bits per heavy atom. The molecule has 0 saturated carbocycles. The molecule has 112 valence electrons. The second kappa shape index (κ2) is 5.82. The van der Waals surface area contributed by atoms with Crippen molar-refractivity contribution in [1.29, 1.82) is 0 Å². The third-order valence-corrected chi connectivity index (χ3v) is 4.61. The zero-order chi connectivity index (χ0) is 15.6. The molecule has 0 bridgehead atoms. The van der Waals surface area contributed by atoms with Crippen molar-refractivity contribution in [2.45, 2.75) is 30.2 Å². The summed E-state index contributed by atoms with van der Waals surface area (Å²) in [5.74, 6) is -0.995. The van der Waals surface area contributed by atoms with E-state index in [0.29, 0.717) is 6.07 Å². The van der Waals surface area contributed by atoms with Crippen LogP contribution in [0.2, 0.25) is 0 Å². The Labute approximate surface area is 114 Å². The van der Waals surface area contributed by atoms with Crippen LogP contribution in [0, 0.1) is 0 Å². The fraction of sp³-hybridized carbons (Fsp3) is 0.417. The molecule has 0 heterocycles. The molecule has 1 aromatic rings. The topological polar surface area (TPSA) is 60.4 Å². The third-order valence-electron chi connectivity index (χ3n) is 2.57. The van der Waals surface area contributed by atoms with Crippen molar-refractivity contribution in [1.82, 2.24) is 0 Å². The second-order valence-corrected chi connectivity index (χ2v) is 6.23. The van der Waals surface area contributed by atoms with Gasteiger partial charge in [-0.2, -0.15) is 13.2 Å². The third kappa shape index (κ3) is 3.50. The lowest BCUT2D eigenvalue weighted by Crippen LogP contribution is -2.29. The van der Waals surface area contributed by atoms with Crippen LogP contribution >= 0.6 is 0 Å². The van der Waals surface area contributed by atoms with E-state index in [4.69, 9.17) is 0 Å². The Bertz CT molecular complexity index is 593. The van der Waals surface area contributed by atoms with Crippen molar-refractivity contribution in [3.8, 4) is 0 Å². The van der Waals surface area contributed by atoms with E-state index in [1.807, 2.05) is 0 Å². The standard InChI is InChI=1S/C12H13F3O4S/c1-3-19-11(16)8(2)20(17,18)10-6-4-5-9(7-10)12(13,14)15/h4-8H,3H2,1-2H3. The Balaban J connectivity index is 3.20. The summed E-state index contributed by atoms with van der Waals surface area (Å²) in [6.45, 7) is 2.57. The zero-order valence-corrected chi connectivity index (χ0v) is 11.6. The van der Waals surface area contributed by atoms with E-state index in [0.717, 1.165) is 25.1 Å². The number of sulfone groups is 1. The SMILES string of the molecule is CCOC(=O)C(C)S(=O)(=O)c1cccc(C(F)(F)F)c1. The summed E-state index contributed by atoms with van der Waals surface area (Å²) < 4.78 is 66.3. The largest absolute Gasteiger partial charge is 0.465 e. The quantitative estimate of drug-likeness (QED) is 0.801. The van der Waals surface area contributed by atoms with E-state index >= 15 is 0 Å². The molecule has 0 aliphatic heterocycles. The van der Waals surface area contributed by atoms with Gasteiger partial charge in [0, 0.05) is 0 Å². The molecule has 0 saturated heterocycles. The summed E-state index contributed by atoms with van der Waals surface area (Å²) in [6, 6.07) is 3.26. The number of carbonyl (C=O) groups is 1. The molecule has 0 N–H and O–H groups in total. The van der Waals surface area contributed by atoms with Crippen LogP contribution in [0.15, 0.2) is 29.2 Å². The van der Waals surface area contributed by atoms with Gasteiger partial charge < -0.3 is 4.74 Å². The first-order valence-electron chi connectivity index (χ1n) is 5.68. The molecule has 1 aromatic carbocycles. The van der Waals surface area contributed by atoms with E-state index in [1.54, 1.807) is 0 Å². The number of benzene rings is 1. The number of hydrogen-bond donors (Lipinski definition) is 0. The fourth-order valence-electron chi connectivity index (χ4n) is 1.44. The number of esters is 1. The van der Waals surface area contributed by atoms with Crippen molar-refractivity contribution >= 4 is 15.8 Å². The van der Waals surface area contributed by atoms with Crippen LogP contribution in [0.4, 0.5) is 13.2 Å². The summed E-state index contributed by atoms with van der Waals surface area (Å²) in [6.07, 6.45) is -4.65. The predicted octanol–water partition coefficient (Wildman–Crippen LogP) is 2.43. The second-order valence-electron chi connectivity index (χ2n) is 3.96. The van der Waals surface area contributed by atoms with E-state index < -0.39 is 37.7 Å². The molecule has 0 aliphatic rings. The summed E-state index contributed by atoms with van der Waals surface area (Å²) >= 11 is 0. The maximum absolute atomic E-state index is 12.6. The predicted molar refractivity (Wildman–Crippen MR) is 64.7 cm³/mol. The highest BCUT2D eigenvalue weighted by atomic mass is 32.2. The van der Waals surface area contributed by atoms with Gasteiger partial charge in [-0.15, -0.1) is 0 Å². The van der Waals surface area contributed by atoms with Gasteiger partial charge in [-0.25, -0.2) is 8.42 Å². The Hall–Kier alpha value is -1.57. The number of halogens is 3. The molecule has 0 fully saturated rings. The Morgan fingerprint density at radius 2 is 1.95 bits per heavy atom. The molecular formula is C12H13F3O4S. The van der Waals surface area contributed by atoms with Crippen LogP contribution in [0.5, 0.6) is 0 Å². The van der Waals surface area contributed by atoms with Crippen molar-refractivity contribution < 1.29 is 31.1 Å². The number of carbonyl (C=O) groups excluding carboxylic acids is 1. The van der Waals surface area contributed by atoms with Crippen LogP contribution in [-0.2, 0) is 25.5 Å². The molecule has 20 heavy (non-hydrogen) atoms. The smallest absolute Gasteiger partial charge is 0.416 e. The lowest BCUT2D eigenvalue weighted by Gasteiger charge is -2.13. The normalized spacial score (nSPS) is 13.8. The van der Waals surface area contributed by atoms with Gasteiger partial charge in [0.2, 0.25) is 0 Å². The molecule has 0 aromatic heterocycles. The average Bonchev–Trinajstić information content (AvgIpc) is 2.37. The van der Waals surface area contributed by atoms with Gasteiger partial charge in [-0.3, -0.25) is 4.79 Å². The van der Waals surface area contributed by atoms with E-state index in [1.165, 1.54) is 6.92 Å². The number of ether oxygens (including phenoxy) is 1. The van der Waals surface area contributed by atoms with Crippen molar-refractivity contribution in [2.24, 2.45) is 0 Å². The van der Waals surface area contributed by atoms with Gasteiger partial charge in [0.05, 0.1) is 17.1 Å².